The summed E-state index contributed by atoms with van der Waals surface area (Å²) in [4.78, 5) is 13.0. The quantitative estimate of drug-likeness (QED) is 0.895. The van der Waals surface area contributed by atoms with Crippen molar-refractivity contribution in [2.24, 2.45) is 5.41 Å². The highest BCUT2D eigenvalue weighted by molar-refractivity contribution is 6.00. The topological polar surface area (TPSA) is 71.3 Å². The lowest BCUT2D eigenvalue weighted by molar-refractivity contribution is -0.118. The number of allylic oxidation sites excluding steroid dienone is 4. The Hall–Kier alpha value is -2.74. The van der Waals surface area contributed by atoms with Gasteiger partial charge in [-0.25, -0.2) is 0 Å². The molecule has 2 aliphatic rings. The number of Topliss-reactive ketones (excluding diaryl/α,β-unsaturated/α-hetero) is 1. The number of ether oxygens (including phenoxy) is 2. The van der Waals surface area contributed by atoms with E-state index in [1.807, 2.05) is 25.1 Å². The minimum Gasteiger partial charge on any atom is -0.497 e. The minimum atomic E-state index is -0.440. The smallest absolute Gasteiger partial charge is 0.162 e. The normalized spacial score (nSPS) is 21.7. The Balaban J connectivity index is 2.25. The Morgan fingerprint density at radius 1 is 1.23 bits per heavy atom. The highest BCUT2D eigenvalue weighted by Gasteiger charge is 2.42. The molecule has 0 saturated heterocycles. The first-order chi connectivity index (χ1) is 12.3. The molecule has 0 radical (unpaired) electrons. The van der Waals surface area contributed by atoms with Gasteiger partial charge in [-0.3, -0.25) is 4.79 Å². The molecule has 1 heterocycles. The number of nitrogens with one attached hydrogen (secondary N) is 1. The fourth-order valence-corrected chi connectivity index (χ4v) is 3.96. The number of nitrogens with zero attached hydrogens (tertiary/aromatic N) is 1. The zero-order chi connectivity index (χ0) is 19.1. The summed E-state index contributed by atoms with van der Waals surface area (Å²) in [6, 6.07) is 7.79. The van der Waals surface area contributed by atoms with E-state index in [9.17, 15) is 10.1 Å². The maximum absolute atomic E-state index is 13.0. The number of rotatable bonds is 3. The van der Waals surface area contributed by atoms with Gasteiger partial charge in [-0.1, -0.05) is 13.8 Å². The Morgan fingerprint density at radius 2 is 1.96 bits per heavy atom. The van der Waals surface area contributed by atoms with Gasteiger partial charge in [-0.15, -0.1) is 0 Å². The van der Waals surface area contributed by atoms with Crippen LogP contribution in [0.2, 0.25) is 0 Å². The van der Waals surface area contributed by atoms with E-state index in [0.717, 1.165) is 23.4 Å². The fraction of sp³-hybridized carbons (Fsp3) is 0.429. The lowest BCUT2D eigenvalue weighted by atomic mass is 9.68. The number of benzene rings is 1. The molecule has 0 unspecified atom stereocenters. The molecule has 0 saturated carbocycles. The molecule has 1 aliphatic heterocycles. The number of carbonyl (C=O) groups is 1. The van der Waals surface area contributed by atoms with Gasteiger partial charge in [0, 0.05) is 29.0 Å². The molecule has 0 aromatic heterocycles. The molecule has 136 valence electrons. The molecule has 5 heteroatoms. The highest BCUT2D eigenvalue weighted by Crippen LogP contribution is 2.48. The fourth-order valence-electron chi connectivity index (χ4n) is 3.96. The third kappa shape index (κ3) is 2.96. The number of methoxy groups -OCH3 is 2. The second-order valence-electron chi connectivity index (χ2n) is 7.65. The van der Waals surface area contributed by atoms with Crippen molar-refractivity contribution in [3.8, 4) is 17.6 Å². The van der Waals surface area contributed by atoms with Gasteiger partial charge in [0.15, 0.2) is 5.78 Å². The lowest BCUT2D eigenvalue weighted by Crippen LogP contribution is -2.37. The van der Waals surface area contributed by atoms with Crippen LogP contribution in [0.5, 0.6) is 11.5 Å². The van der Waals surface area contributed by atoms with Gasteiger partial charge >= 0.3 is 0 Å². The van der Waals surface area contributed by atoms with Crippen LogP contribution in [0, 0.1) is 16.7 Å². The Labute approximate surface area is 154 Å². The number of nitriles is 1. The summed E-state index contributed by atoms with van der Waals surface area (Å²) in [6.45, 7) is 6.07. The Morgan fingerprint density at radius 3 is 2.58 bits per heavy atom. The third-order valence-electron chi connectivity index (χ3n) is 5.11. The molecule has 1 aliphatic carbocycles. The molecule has 26 heavy (non-hydrogen) atoms. The van der Waals surface area contributed by atoms with Crippen molar-refractivity contribution in [2.75, 3.05) is 14.2 Å². The summed E-state index contributed by atoms with van der Waals surface area (Å²) in [5.41, 5.74) is 3.60. The van der Waals surface area contributed by atoms with E-state index in [1.54, 1.807) is 14.2 Å². The summed E-state index contributed by atoms with van der Waals surface area (Å²) in [7, 11) is 3.19. The molecule has 1 aromatic rings. The summed E-state index contributed by atoms with van der Waals surface area (Å²) in [5, 5.41) is 13.1. The largest absolute Gasteiger partial charge is 0.497 e. The summed E-state index contributed by atoms with van der Waals surface area (Å²) >= 11 is 0. The van der Waals surface area contributed by atoms with Gasteiger partial charge in [-0.2, -0.15) is 5.26 Å². The van der Waals surface area contributed by atoms with E-state index in [2.05, 4.69) is 25.2 Å². The van der Waals surface area contributed by atoms with Crippen LogP contribution in [-0.2, 0) is 4.79 Å². The molecule has 3 rings (SSSR count). The molecular weight excluding hydrogens is 328 g/mol. The van der Waals surface area contributed by atoms with Crippen LogP contribution in [0.1, 0.15) is 45.1 Å². The van der Waals surface area contributed by atoms with Gasteiger partial charge in [0.25, 0.3) is 0 Å². The van der Waals surface area contributed by atoms with Gasteiger partial charge < -0.3 is 14.8 Å². The molecule has 1 aromatic carbocycles. The monoisotopic (exact) mass is 352 g/mol. The molecular formula is C21H24N2O3. The van der Waals surface area contributed by atoms with Crippen molar-refractivity contribution in [1.82, 2.24) is 5.32 Å². The van der Waals surface area contributed by atoms with E-state index in [-0.39, 0.29) is 11.2 Å². The minimum absolute atomic E-state index is 0.0823. The van der Waals surface area contributed by atoms with Crippen LogP contribution in [-0.4, -0.2) is 20.0 Å². The number of hydrogen-bond donors (Lipinski definition) is 1. The first kappa shape index (κ1) is 18.1. The predicted octanol–water partition coefficient (Wildman–Crippen LogP) is 3.83. The van der Waals surface area contributed by atoms with Crippen molar-refractivity contribution in [3.05, 3.63) is 46.3 Å². The maximum Gasteiger partial charge on any atom is 0.162 e. The SMILES string of the molecule is COc1ccc(OC)c([C@H]2C(C#N)=C(C)NC3=C2C(=O)CC(C)(C)C3)c1. The zero-order valence-electron chi connectivity index (χ0n) is 15.9. The van der Waals surface area contributed by atoms with Crippen molar-refractivity contribution < 1.29 is 14.3 Å². The second kappa shape index (κ2) is 6.53. The zero-order valence-corrected chi connectivity index (χ0v) is 15.9. The molecule has 5 nitrogen and oxygen atoms in total. The molecule has 0 amide bonds. The van der Waals surface area contributed by atoms with Crippen molar-refractivity contribution in [2.45, 2.75) is 39.5 Å². The average molecular weight is 352 g/mol. The third-order valence-corrected chi connectivity index (χ3v) is 5.11. The van der Waals surface area contributed by atoms with Crippen LogP contribution >= 0.6 is 0 Å². The second-order valence-corrected chi connectivity index (χ2v) is 7.65. The number of hydrogen-bond acceptors (Lipinski definition) is 5. The van der Waals surface area contributed by atoms with E-state index < -0.39 is 5.92 Å². The van der Waals surface area contributed by atoms with Crippen LogP contribution < -0.4 is 14.8 Å². The van der Waals surface area contributed by atoms with Crippen molar-refractivity contribution in [1.29, 1.82) is 5.26 Å². The maximum atomic E-state index is 13.0. The van der Waals surface area contributed by atoms with Crippen LogP contribution in [0.15, 0.2) is 40.7 Å². The summed E-state index contributed by atoms with van der Waals surface area (Å²) < 4.78 is 10.9. The van der Waals surface area contributed by atoms with Crippen LogP contribution in [0.25, 0.3) is 0 Å². The van der Waals surface area contributed by atoms with Gasteiger partial charge in [0.2, 0.25) is 0 Å². The molecule has 0 bridgehead atoms. The van der Waals surface area contributed by atoms with E-state index in [4.69, 9.17) is 9.47 Å². The predicted molar refractivity (Wildman–Crippen MR) is 98.8 cm³/mol. The number of carbonyl (C=O) groups excluding carboxylic acids is 1. The molecule has 1 N–H and O–H groups in total. The van der Waals surface area contributed by atoms with Crippen LogP contribution in [0.4, 0.5) is 0 Å². The van der Waals surface area contributed by atoms with E-state index >= 15 is 0 Å². The van der Waals surface area contributed by atoms with Crippen molar-refractivity contribution in [3.63, 3.8) is 0 Å². The van der Waals surface area contributed by atoms with Crippen LogP contribution in [0.3, 0.4) is 0 Å². The standard InChI is InChI=1S/C21H24N2O3/c1-12-15(11-22)19(14-8-13(25-4)6-7-18(14)26-5)20-16(23-12)9-21(2,3)10-17(20)24/h6-8,19,23H,9-10H2,1-5H3/t19-/m0/s1. The Bertz CT molecular complexity index is 872. The first-order valence-electron chi connectivity index (χ1n) is 8.67. The van der Waals surface area contributed by atoms with E-state index in [0.29, 0.717) is 29.1 Å². The molecule has 0 fully saturated rings. The average Bonchev–Trinajstić information content (AvgIpc) is 2.58. The molecule has 1 atom stereocenters. The van der Waals surface area contributed by atoms with Gasteiger partial charge in [0.05, 0.1) is 31.8 Å². The number of ketones is 1. The molecule has 0 spiro atoms. The van der Waals surface area contributed by atoms with Gasteiger partial charge in [-0.05, 0) is 37.0 Å². The first-order valence-corrected chi connectivity index (χ1v) is 8.67. The van der Waals surface area contributed by atoms with E-state index in [1.165, 1.54) is 0 Å². The van der Waals surface area contributed by atoms with Gasteiger partial charge in [0.1, 0.15) is 11.5 Å². The summed E-state index contributed by atoms with van der Waals surface area (Å²) in [5.74, 6) is 0.950. The van der Waals surface area contributed by atoms with Crippen molar-refractivity contribution >= 4 is 5.78 Å². The lowest BCUT2D eigenvalue weighted by Gasteiger charge is -2.39. The number of dihydropyridines is 1. The highest BCUT2D eigenvalue weighted by atomic mass is 16.5. The Kier molecular flexibility index (Phi) is 4.53. The summed E-state index contributed by atoms with van der Waals surface area (Å²) in [6.07, 6.45) is 1.24.